The van der Waals surface area contributed by atoms with Crippen LogP contribution < -0.4 is 10.5 Å². The maximum Gasteiger partial charge on any atom is 0.243 e. The fourth-order valence-electron chi connectivity index (χ4n) is 2.30. The molecule has 0 bridgehead atoms. The quantitative estimate of drug-likeness (QED) is 0.665. The summed E-state index contributed by atoms with van der Waals surface area (Å²) in [7, 11) is -7.10. The van der Waals surface area contributed by atoms with Gasteiger partial charge in [0.1, 0.15) is 4.90 Å². The Bertz CT molecular complexity index is 769. The van der Waals surface area contributed by atoms with Crippen molar-refractivity contribution < 1.29 is 16.8 Å². The first-order valence-corrected chi connectivity index (χ1v) is 10.8. The van der Waals surface area contributed by atoms with Crippen LogP contribution in [0.5, 0.6) is 0 Å². The standard InChI is InChI=1S/C11H14Br2N2O4S2/c1-11(2-3-20(16,17)6-11)15-21(18,19)10-8(12)4-7(14)5-9(10)13/h4-5,15H,2-3,6,14H2,1H3. The summed E-state index contributed by atoms with van der Waals surface area (Å²) < 4.78 is 51.4. The Kier molecular flexibility index (Phi) is 4.49. The van der Waals surface area contributed by atoms with Gasteiger partial charge in [0.2, 0.25) is 10.0 Å². The lowest BCUT2D eigenvalue weighted by atomic mass is 10.0. The van der Waals surface area contributed by atoms with Crippen molar-refractivity contribution in [1.29, 1.82) is 0 Å². The molecule has 1 heterocycles. The molecule has 118 valence electrons. The first-order valence-electron chi connectivity index (χ1n) is 5.93. The van der Waals surface area contributed by atoms with Crippen LogP contribution in [0.3, 0.4) is 0 Å². The molecular formula is C11H14Br2N2O4S2. The van der Waals surface area contributed by atoms with Gasteiger partial charge in [0.15, 0.2) is 9.84 Å². The van der Waals surface area contributed by atoms with Crippen molar-refractivity contribution in [3.8, 4) is 0 Å². The monoisotopic (exact) mass is 460 g/mol. The molecule has 0 radical (unpaired) electrons. The number of nitrogens with one attached hydrogen (secondary N) is 1. The first-order chi connectivity index (χ1) is 9.44. The van der Waals surface area contributed by atoms with Crippen LogP contribution in [-0.2, 0) is 19.9 Å². The first kappa shape index (κ1) is 17.2. The number of rotatable bonds is 3. The zero-order chi connectivity index (χ0) is 16.1. The lowest BCUT2D eigenvalue weighted by Gasteiger charge is -2.24. The molecule has 21 heavy (non-hydrogen) atoms. The largest absolute Gasteiger partial charge is 0.399 e. The van der Waals surface area contributed by atoms with E-state index in [0.717, 1.165) is 0 Å². The van der Waals surface area contributed by atoms with E-state index in [0.29, 0.717) is 14.6 Å². The van der Waals surface area contributed by atoms with Gasteiger partial charge in [-0.3, -0.25) is 0 Å². The fraction of sp³-hybridized carbons (Fsp3) is 0.455. The van der Waals surface area contributed by atoms with Crippen LogP contribution in [0.1, 0.15) is 13.3 Å². The predicted octanol–water partition coefficient (Wildman–Crippen LogP) is 1.65. The van der Waals surface area contributed by atoms with E-state index in [2.05, 4.69) is 36.6 Å². The molecule has 0 amide bonds. The average molecular weight is 462 g/mol. The van der Waals surface area contributed by atoms with E-state index >= 15 is 0 Å². The van der Waals surface area contributed by atoms with Crippen molar-refractivity contribution in [2.24, 2.45) is 0 Å². The second kappa shape index (κ2) is 5.48. The molecule has 10 heteroatoms. The average Bonchev–Trinajstić information content (AvgIpc) is 2.48. The van der Waals surface area contributed by atoms with Gasteiger partial charge in [-0.05, 0) is 57.3 Å². The van der Waals surface area contributed by atoms with E-state index in [-0.39, 0.29) is 22.8 Å². The van der Waals surface area contributed by atoms with Crippen molar-refractivity contribution in [3.63, 3.8) is 0 Å². The Morgan fingerprint density at radius 3 is 2.24 bits per heavy atom. The van der Waals surface area contributed by atoms with Crippen LogP contribution in [0.4, 0.5) is 5.69 Å². The topological polar surface area (TPSA) is 106 Å². The third-order valence-electron chi connectivity index (χ3n) is 3.17. The van der Waals surface area contributed by atoms with Crippen LogP contribution in [-0.4, -0.2) is 33.9 Å². The van der Waals surface area contributed by atoms with Gasteiger partial charge in [0.25, 0.3) is 0 Å². The van der Waals surface area contributed by atoms with Crippen LogP contribution in [0.25, 0.3) is 0 Å². The molecule has 0 aliphatic carbocycles. The summed E-state index contributed by atoms with van der Waals surface area (Å²) in [5.41, 5.74) is 5.05. The number of nitrogens with two attached hydrogens (primary N) is 1. The summed E-state index contributed by atoms with van der Waals surface area (Å²) in [5, 5.41) is 0. The summed E-state index contributed by atoms with van der Waals surface area (Å²) in [5.74, 6) is -0.223. The van der Waals surface area contributed by atoms with Gasteiger partial charge >= 0.3 is 0 Å². The molecule has 1 saturated heterocycles. The van der Waals surface area contributed by atoms with Gasteiger partial charge in [0.05, 0.1) is 11.5 Å². The minimum Gasteiger partial charge on any atom is -0.399 e. The highest BCUT2D eigenvalue weighted by molar-refractivity contribution is 9.11. The summed E-state index contributed by atoms with van der Waals surface area (Å²) in [6, 6.07) is 2.96. The molecule has 0 saturated carbocycles. The maximum atomic E-state index is 12.6. The molecule has 1 unspecified atom stereocenters. The lowest BCUT2D eigenvalue weighted by molar-refractivity contribution is 0.461. The SMILES string of the molecule is CC1(NS(=O)(=O)c2c(Br)cc(N)cc2Br)CCS(=O)(=O)C1. The van der Waals surface area contributed by atoms with Crippen LogP contribution in [0.15, 0.2) is 26.0 Å². The van der Waals surface area contributed by atoms with Gasteiger partial charge in [-0.1, -0.05) is 0 Å². The third-order valence-corrected chi connectivity index (χ3v) is 8.59. The van der Waals surface area contributed by atoms with Crippen LogP contribution in [0.2, 0.25) is 0 Å². The Morgan fingerprint density at radius 2 is 1.81 bits per heavy atom. The van der Waals surface area contributed by atoms with Gasteiger partial charge in [-0.2, -0.15) is 0 Å². The second-order valence-corrected chi connectivity index (χ2v) is 10.8. The molecule has 1 aliphatic heterocycles. The molecule has 6 nitrogen and oxygen atoms in total. The molecular weight excluding hydrogens is 448 g/mol. The van der Waals surface area contributed by atoms with E-state index < -0.39 is 25.4 Å². The Labute approximate surface area is 140 Å². The summed E-state index contributed by atoms with van der Waals surface area (Å²) in [6.45, 7) is 1.59. The van der Waals surface area contributed by atoms with Gasteiger partial charge in [-0.25, -0.2) is 21.6 Å². The molecule has 0 aromatic heterocycles. The Balaban J connectivity index is 2.41. The Hall–Kier alpha value is -0.160. The van der Waals surface area contributed by atoms with E-state index in [1.54, 1.807) is 6.92 Å². The molecule has 1 aliphatic rings. The lowest BCUT2D eigenvalue weighted by Crippen LogP contribution is -2.46. The molecule has 3 N–H and O–H groups in total. The number of anilines is 1. The summed E-state index contributed by atoms with van der Waals surface area (Å²) >= 11 is 6.35. The second-order valence-electron chi connectivity index (χ2n) is 5.32. The van der Waals surface area contributed by atoms with Crippen molar-refractivity contribution in [3.05, 3.63) is 21.1 Å². The van der Waals surface area contributed by atoms with Gasteiger partial charge in [-0.15, -0.1) is 0 Å². The Morgan fingerprint density at radius 1 is 1.29 bits per heavy atom. The number of sulfonamides is 1. The van der Waals surface area contributed by atoms with E-state index in [1.807, 2.05) is 0 Å². The molecule has 0 spiro atoms. The van der Waals surface area contributed by atoms with Gasteiger partial charge in [0, 0.05) is 20.2 Å². The highest BCUT2D eigenvalue weighted by Gasteiger charge is 2.42. The zero-order valence-electron chi connectivity index (χ0n) is 11.1. The molecule has 1 fully saturated rings. The van der Waals surface area contributed by atoms with Crippen molar-refractivity contribution in [2.45, 2.75) is 23.8 Å². The number of halogens is 2. The van der Waals surface area contributed by atoms with E-state index in [1.165, 1.54) is 12.1 Å². The maximum absolute atomic E-state index is 12.6. The number of sulfone groups is 1. The third kappa shape index (κ3) is 3.79. The van der Waals surface area contributed by atoms with E-state index in [4.69, 9.17) is 5.73 Å². The van der Waals surface area contributed by atoms with Crippen molar-refractivity contribution >= 4 is 57.4 Å². The smallest absolute Gasteiger partial charge is 0.243 e. The molecule has 2 rings (SSSR count). The molecule has 1 aromatic rings. The summed E-state index contributed by atoms with van der Waals surface area (Å²) in [4.78, 5) is 0.00206. The van der Waals surface area contributed by atoms with Crippen molar-refractivity contribution in [1.82, 2.24) is 4.72 Å². The van der Waals surface area contributed by atoms with E-state index in [9.17, 15) is 16.8 Å². The fourth-order valence-corrected chi connectivity index (χ4v) is 8.54. The van der Waals surface area contributed by atoms with Crippen LogP contribution >= 0.6 is 31.9 Å². The number of benzene rings is 1. The highest BCUT2D eigenvalue weighted by atomic mass is 79.9. The highest BCUT2D eigenvalue weighted by Crippen LogP contribution is 2.34. The van der Waals surface area contributed by atoms with Crippen molar-refractivity contribution in [2.75, 3.05) is 17.2 Å². The summed E-state index contributed by atoms with van der Waals surface area (Å²) in [6.07, 6.45) is 0.249. The number of hydrogen-bond acceptors (Lipinski definition) is 5. The normalized spacial score (nSPS) is 25.1. The number of nitrogen functional groups attached to an aromatic ring is 1. The molecule has 1 aromatic carbocycles. The molecule has 1 atom stereocenters. The van der Waals surface area contributed by atoms with Gasteiger partial charge < -0.3 is 5.73 Å². The predicted molar refractivity (Wildman–Crippen MR) is 88.3 cm³/mol. The van der Waals surface area contributed by atoms with Crippen LogP contribution in [0, 0.1) is 0 Å². The zero-order valence-corrected chi connectivity index (χ0v) is 15.9. The minimum absolute atomic E-state index is 0.00206. The number of hydrogen-bond donors (Lipinski definition) is 2. The minimum atomic E-state index is -3.89.